The van der Waals surface area contributed by atoms with Crippen molar-refractivity contribution in [1.82, 2.24) is 10.2 Å². The van der Waals surface area contributed by atoms with Crippen molar-refractivity contribution in [3.05, 3.63) is 71.8 Å². The van der Waals surface area contributed by atoms with E-state index in [2.05, 4.69) is 70.9 Å². The summed E-state index contributed by atoms with van der Waals surface area (Å²) in [5.41, 5.74) is 2.80. The van der Waals surface area contributed by atoms with Gasteiger partial charge in [0.25, 0.3) is 0 Å². The maximum Gasteiger partial charge on any atom is 0.0237 e. The summed E-state index contributed by atoms with van der Waals surface area (Å²) in [5, 5.41) is 3.74. The third-order valence-electron chi connectivity index (χ3n) is 4.64. The minimum Gasteiger partial charge on any atom is -0.313 e. The molecule has 0 spiro atoms. The molecule has 0 aliphatic carbocycles. The van der Waals surface area contributed by atoms with E-state index >= 15 is 0 Å². The fraction of sp³-hybridized carbons (Fsp3) is 0.429. The SMILES string of the molecule is c1ccc(CN(Cc2ccccc2)CC2CCCCCN2)cc1. The number of hydrogen-bond acceptors (Lipinski definition) is 2. The first-order valence-electron chi connectivity index (χ1n) is 8.94. The highest BCUT2D eigenvalue weighted by Crippen LogP contribution is 2.14. The van der Waals surface area contributed by atoms with Crippen molar-refractivity contribution in [2.45, 2.75) is 44.8 Å². The molecule has 0 aromatic heterocycles. The second kappa shape index (κ2) is 8.85. The van der Waals surface area contributed by atoms with Gasteiger partial charge >= 0.3 is 0 Å². The first-order chi connectivity index (χ1) is 11.4. The standard InChI is InChI=1S/C21H28N2/c1-4-10-19(11-5-1)16-23(17-20-12-6-2-7-13-20)18-21-14-8-3-9-15-22-21/h1-2,4-7,10-13,21-22H,3,8-9,14-18H2. The van der Waals surface area contributed by atoms with E-state index in [-0.39, 0.29) is 0 Å². The molecule has 2 aromatic rings. The Bertz CT molecular complexity index is 503. The second-order valence-corrected chi connectivity index (χ2v) is 6.64. The van der Waals surface area contributed by atoms with Crippen molar-refractivity contribution in [2.24, 2.45) is 0 Å². The molecule has 1 unspecified atom stereocenters. The van der Waals surface area contributed by atoms with Crippen molar-refractivity contribution in [2.75, 3.05) is 13.1 Å². The topological polar surface area (TPSA) is 15.3 Å². The summed E-state index contributed by atoms with van der Waals surface area (Å²) in [6, 6.07) is 22.3. The molecule has 1 aliphatic heterocycles. The summed E-state index contributed by atoms with van der Waals surface area (Å²) < 4.78 is 0. The zero-order valence-electron chi connectivity index (χ0n) is 14.0. The van der Waals surface area contributed by atoms with Crippen LogP contribution >= 0.6 is 0 Å². The van der Waals surface area contributed by atoms with Crippen LogP contribution in [0.15, 0.2) is 60.7 Å². The van der Waals surface area contributed by atoms with E-state index in [1.165, 1.54) is 43.4 Å². The molecule has 1 saturated heterocycles. The van der Waals surface area contributed by atoms with Gasteiger partial charge in [-0.05, 0) is 30.5 Å². The average molecular weight is 308 g/mol. The molecule has 1 N–H and O–H groups in total. The first-order valence-corrected chi connectivity index (χ1v) is 8.94. The van der Waals surface area contributed by atoms with Gasteiger partial charge in [-0.2, -0.15) is 0 Å². The third kappa shape index (κ3) is 5.49. The Morgan fingerprint density at radius 1 is 0.783 bits per heavy atom. The summed E-state index contributed by atoms with van der Waals surface area (Å²) in [4.78, 5) is 2.59. The summed E-state index contributed by atoms with van der Waals surface area (Å²) in [7, 11) is 0. The molecule has 1 fully saturated rings. The molecule has 0 saturated carbocycles. The van der Waals surface area contributed by atoms with Gasteiger partial charge in [-0.25, -0.2) is 0 Å². The molecule has 1 heterocycles. The number of benzene rings is 2. The highest BCUT2D eigenvalue weighted by atomic mass is 15.1. The van der Waals surface area contributed by atoms with Gasteiger partial charge in [0, 0.05) is 25.7 Å². The van der Waals surface area contributed by atoms with Crippen molar-refractivity contribution in [3.63, 3.8) is 0 Å². The quantitative estimate of drug-likeness (QED) is 0.859. The van der Waals surface area contributed by atoms with Gasteiger partial charge in [0.05, 0.1) is 0 Å². The molecule has 122 valence electrons. The van der Waals surface area contributed by atoms with E-state index in [1.807, 2.05) is 0 Å². The smallest absolute Gasteiger partial charge is 0.0237 e. The highest BCUT2D eigenvalue weighted by molar-refractivity contribution is 5.17. The lowest BCUT2D eigenvalue weighted by Crippen LogP contribution is -2.40. The van der Waals surface area contributed by atoms with Crippen LogP contribution < -0.4 is 5.32 Å². The number of rotatable bonds is 6. The summed E-state index contributed by atoms with van der Waals surface area (Å²) >= 11 is 0. The molecule has 0 amide bonds. The van der Waals surface area contributed by atoms with Gasteiger partial charge in [-0.15, -0.1) is 0 Å². The normalized spacial score (nSPS) is 18.7. The van der Waals surface area contributed by atoms with E-state index in [4.69, 9.17) is 0 Å². The van der Waals surface area contributed by atoms with Crippen molar-refractivity contribution in [1.29, 1.82) is 0 Å². The van der Waals surface area contributed by atoms with Crippen LogP contribution in [0.25, 0.3) is 0 Å². The van der Waals surface area contributed by atoms with Gasteiger partial charge < -0.3 is 5.32 Å². The Hall–Kier alpha value is -1.64. The molecule has 0 radical (unpaired) electrons. The molecule has 0 bridgehead atoms. The van der Waals surface area contributed by atoms with Crippen molar-refractivity contribution in [3.8, 4) is 0 Å². The van der Waals surface area contributed by atoms with E-state index in [1.54, 1.807) is 0 Å². The lowest BCUT2D eigenvalue weighted by Gasteiger charge is -2.28. The van der Waals surface area contributed by atoms with E-state index in [9.17, 15) is 0 Å². The van der Waals surface area contributed by atoms with Gasteiger partial charge in [-0.1, -0.05) is 73.5 Å². The summed E-state index contributed by atoms with van der Waals surface area (Å²) in [6.07, 6.45) is 5.37. The monoisotopic (exact) mass is 308 g/mol. The Morgan fingerprint density at radius 2 is 1.39 bits per heavy atom. The van der Waals surface area contributed by atoms with Crippen LogP contribution in [0.1, 0.15) is 36.8 Å². The first kappa shape index (κ1) is 16.2. The summed E-state index contributed by atoms with van der Waals surface area (Å²) in [6.45, 7) is 4.35. The third-order valence-corrected chi connectivity index (χ3v) is 4.64. The fourth-order valence-corrected chi connectivity index (χ4v) is 3.44. The van der Waals surface area contributed by atoms with Crippen LogP contribution in [0.5, 0.6) is 0 Å². The molecular formula is C21H28N2. The Morgan fingerprint density at radius 3 is 2.00 bits per heavy atom. The van der Waals surface area contributed by atoms with E-state index < -0.39 is 0 Å². The number of hydrogen-bond donors (Lipinski definition) is 1. The van der Waals surface area contributed by atoms with Crippen LogP contribution in [0, 0.1) is 0 Å². The minimum atomic E-state index is 0.630. The maximum absolute atomic E-state index is 3.74. The van der Waals surface area contributed by atoms with Crippen molar-refractivity contribution >= 4 is 0 Å². The van der Waals surface area contributed by atoms with Gasteiger partial charge in [-0.3, -0.25) is 4.90 Å². The molecule has 2 nitrogen and oxygen atoms in total. The lowest BCUT2D eigenvalue weighted by molar-refractivity contribution is 0.223. The molecule has 3 rings (SSSR count). The molecule has 1 aliphatic rings. The second-order valence-electron chi connectivity index (χ2n) is 6.64. The van der Waals surface area contributed by atoms with Crippen LogP contribution in [-0.2, 0) is 13.1 Å². The fourth-order valence-electron chi connectivity index (χ4n) is 3.44. The lowest BCUT2D eigenvalue weighted by atomic mass is 10.1. The van der Waals surface area contributed by atoms with E-state index in [0.29, 0.717) is 6.04 Å². The van der Waals surface area contributed by atoms with Crippen LogP contribution in [-0.4, -0.2) is 24.0 Å². The van der Waals surface area contributed by atoms with Gasteiger partial charge in [0.2, 0.25) is 0 Å². The zero-order valence-corrected chi connectivity index (χ0v) is 14.0. The van der Waals surface area contributed by atoms with Crippen LogP contribution in [0.4, 0.5) is 0 Å². The maximum atomic E-state index is 3.74. The van der Waals surface area contributed by atoms with Gasteiger partial charge in [0.15, 0.2) is 0 Å². The Labute approximate surface area is 140 Å². The average Bonchev–Trinajstić information content (AvgIpc) is 2.85. The van der Waals surface area contributed by atoms with Crippen LogP contribution in [0.3, 0.4) is 0 Å². The number of nitrogens with zero attached hydrogens (tertiary/aromatic N) is 1. The summed E-state index contributed by atoms with van der Waals surface area (Å²) in [5.74, 6) is 0. The predicted molar refractivity (Wildman–Crippen MR) is 97.3 cm³/mol. The van der Waals surface area contributed by atoms with Gasteiger partial charge in [0.1, 0.15) is 0 Å². The van der Waals surface area contributed by atoms with Crippen LogP contribution in [0.2, 0.25) is 0 Å². The number of nitrogens with one attached hydrogen (secondary N) is 1. The van der Waals surface area contributed by atoms with Crippen molar-refractivity contribution < 1.29 is 0 Å². The zero-order chi connectivity index (χ0) is 15.7. The minimum absolute atomic E-state index is 0.630. The molecular weight excluding hydrogens is 280 g/mol. The predicted octanol–water partition coefficient (Wildman–Crippen LogP) is 4.22. The van der Waals surface area contributed by atoms with E-state index in [0.717, 1.165) is 19.6 Å². The molecule has 2 heteroatoms. The Balaban J connectivity index is 1.67. The largest absolute Gasteiger partial charge is 0.313 e. The molecule has 1 atom stereocenters. The Kier molecular flexibility index (Phi) is 6.25. The molecule has 2 aromatic carbocycles. The molecule has 23 heavy (non-hydrogen) atoms. The highest BCUT2D eigenvalue weighted by Gasteiger charge is 2.16.